The normalized spacial score (nSPS) is 22.3. The van der Waals surface area contributed by atoms with Gasteiger partial charge in [-0.15, -0.1) is 0 Å². The minimum Gasteiger partial charge on any atom is -0.395 e. The molecule has 0 aliphatic carbocycles. The van der Waals surface area contributed by atoms with Crippen LogP contribution in [0.4, 0.5) is 5.69 Å². The molecule has 120 valence electrons. The lowest BCUT2D eigenvalue weighted by Crippen LogP contribution is -2.49. The number of amides is 1. The number of likely N-dealkylation sites (tertiary alicyclic amines) is 1. The lowest BCUT2D eigenvalue weighted by Gasteiger charge is -2.38. The van der Waals surface area contributed by atoms with Gasteiger partial charge in [0.25, 0.3) is 0 Å². The van der Waals surface area contributed by atoms with Gasteiger partial charge in [0.1, 0.15) is 0 Å². The molecule has 1 heterocycles. The maximum atomic E-state index is 12.2. The Morgan fingerprint density at radius 2 is 2.18 bits per heavy atom. The van der Waals surface area contributed by atoms with E-state index in [1.807, 2.05) is 4.90 Å². The van der Waals surface area contributed by atoms with E-state index in [4.69, 9.17) is 0 Å². The first-order chi connectivity index (χ1) is 10.5. The number of anilines is 1. The number of piperidine rings is 1. The number of carbonyl (C=O) groups is 2. The van der Waals surface area contributed by atoms with Crippen LogP contribution in [-0.2, 0) is 4.79 Å². The molecule has 2 atom stereocenters. The Labute approximate surface area is 131 Å². The minimum atomic E-state index is -0.117. The van der Waals surface area contributed by atoms with Gasteiger partial charge in [0.15, 0.2) is 5.78 Å². The van der Waals surface area contributed by atoms with Crippen LogP contribution in [0.2, 0.25) is 0 Å². The van der Waals surface area contributed by atoms with Crippen molar-refractivity contribution in [2.24, 2.45) is 5.92 Å². The predicted octanol–water partition coefficient (Wildman–Crippen LogP) is 1.92. The van der Waals surface area contributed by atoms with Crippen molar-refractivity contribution in [1.29, 1.82) is 0 Å². The molecule has 5 nitrogen and oxygen atoms in total. The molecule has 5 heteroatoms. The third-order valence-electron chi connectivity index (χ3n) is 4.32. The number of hydrogen-bond acceptors (Lipinski definition) is 4. The summed E-state index contributed by atoms with van der Waals surface area (Å²) in [4.78, 5) is 25.6. The molecule has 1 saturated heterocycles. The third-order valence-corrected chi connectivity index (χ3v) is 4.32. The van der Waals surface area contributed by atoms with E-state index < -0.39 is 0 Å². The van der Waals surface area contributed by atoms with Crippen molar-refractivity contribution in [3.8, 4) is 0 Å². The highest BCUT2D eigenvalue weighted by Gasteiger charge is 2.29. The third kappa shape index (κ3) is 4.15. The van der Waals surface area contributed by atoms with Crippen LogP contribution in [0.5, 0.6) is 0 Å². The van der Waals surface area contributed by atoms with E-state index in [0.29, 0.717) is 17.2 Å². The Morgan fingerprint density at radius 3 is 2.86 bits per heavy atom. The van der Waals surface area contributed by atoms with E-state index in [1.165, 1.54) is 6.92 Å². The molecule has 0 radical (unpaired) electrons. The zero-order valence-corrected chi connectivity index (χ0v) is 13.2. The quantitative estimate of drug-likeness (QED) is 0.816. The van der Waals surface area contributed by atoms with Crippen LogP contribution >= 0.6 is 0 Å². The summed E-state index contributed by atoms with van der Waals surface area (Å²) < 4.78 is 0. The summed E-state index contributed by atoms with van der Waals surface area (Å²) in [6.45, 7) is 4.79. The van der Waals surface area contributed by atoms with Gasteiger partial charge in [-0.05, 0) is 44.4 Å². The lowest BCUT2D eigenvalue weighted by atomic mass is 9.91. The second kappa shape index (κ2) is 7.51. The summed E-state index contributed by atoms with van der Waals surface area (Å²) in [6.07, 6.45) is 2.13. The van der Waals surface area contributed by atoms with E-state index >= 15 is 0 Å². The van der Waals surface area contributed by atoms with Crippen molar-refractivity contribution >= 4 is 17.4 Å². The van der Waals surface area contributed by atoms with E-state index in [-0.39, 0.29) is 30.9 Å². The largest absolute Gasteiger partial charge is 0.395 e. The number of aliphatic hydroxyl groups excluding tert-OH is 1. The highest BCUT2D eigenvalue weighted by atomic mass is 16.3. The standard InChI is InChI=1S/C17H24N2O3/c1-12-5-4-8-19(16(12)11-20)10-17(22)18-15-7-3-6-14(9-15)13(2)21/h3,6-7,9,12,16,20H,4-5,8,10-11H2,1-2H3,(H,18,22). The van der Waals surface area contributed by atoms with Gasteiger partial charge >= 0.3 is 0 Å². The first kappa shape index (κ1) is 16.6. The summed E-state index contributed by atoms with van der Waals surface area (Å²) in [6, 6.07) is 6.98. The van der Waals surface area contributed by atoms with Crippen LogP contribution in [-0.4, -0.2) is 47.4 Å². The second-order valence-electron chi connectivity index (χ2n) is 6.03. The van der Waals surface area contributed by atoms with Gasteiger partial charge in [-0.1, -0.05) is 19.1 Å². The van der Waals surface area contributed by atoms with Gasteiger partial charge in [0.05, 0.1) is 13.2 Å². The molecule has 0 saturated carbocycles. The van der Waals surface area contributed by atoms with Crippen molar-refractivity contribution in [1.82, 2.24) is 4.90 Å². The Hall–Kier alpha value is -1.72. The molecule has 0 bridgehead atoms. The summed E-state index contributed by atoms with van der Waals surface area (Å²) in [5.74, 6) is 0.252. The number of Topliss-reactive ketones (excluding diaryl/α,β-unsaturated/α-hetero) is 1. The molecule has 2 N–H and O–H groups in total. The van der Waals surface area contributed by atoms with E-state index in [0.717, 1.165) is 19.4 Å². The molecule has 1 fully saturated rings. The topological polar surface area (TPSA) is 69.6 Å². The van der Waals surface area contributed by atoms with Gasteiger partial charge in [-0.2, -0.15) is 0 Å². The SMILES string of the molecule is CC(=O)c1cccc(NC(=O)CN2CCCC(C)C2CO)c1. The zero-order chi connectivity index (χ0) is 16.1. The van der Waals surface area contributed by atoms with Crippen LogP contribution in [0.15, 0.2) is 24.3 Å². The average molecular weight is 304 g/mol. The fraction of sp³-hybridized carbons (Fsp3) is 0.529. The van der Waals surface area contributed by atoms with Gasteiger partial charge in [0, 0.05) is 17.3 Å². The average Bonchev–Trinajstić information content (AvgIpc) is 2.47. The highest BCUT2D eigenvalue weighted by Crippen LogP contribution is 2.22. The Kier molecular flexibility index (Phi) is 5.69. The predicted molar refractivity (Wildman–Crippen MR) is 85.9 cm³/mol. The van der Waals surface area contributed by atoms with Crippen LogP contribution in [0, 0.1) is 5.92 Å². The minimum absolute atomic E-state index is 0.0266. The van der Waals surface area contributed by atoms with Crippen molar-refractivity contribution < 1.29 is 14.7 Å². The van der Waals surface area contributed by atoms with Gasteiger partial charge in [-0.3, -0.25) is 14.5 Å². The first-order valence-electron chi connectivity index (χ1n) is 7.77. The van der Waals surface area contributed by atoms with Crippen molar-refractivity contribution in [2.45, 2.75) is 32.7 Å². The molecule has 1 amide bonds. The van der Waals surface area contributed by atoms with E-state index in [9.17, 15) is 14.7 Å². The summed E-state index contributed by atoms with van der Waals surface area (Å²) >= 11 is 0. The van der Waals surface area contributed by atoms with Crippen LogP contribution < -0.4 is 5.32 Å². The maximum absolute atomic E-state index is 12.2. The fourth-order valence-corrected chi connectivity index (χ4v) is 3.03. The van der Waals surface area contributed by atoms with Crippen LogP contribution in [0.1, 0.15) is 37.0 Å². The van der Waals surface area contributed by atoms with Crippen molar-refractivity contribution in [2.75, 3.05) is 25.0 Å². The number of aliphatic hydroxyl groups is 1. The number of ketones is 1. The smallest absolute Gasteiger partial charge is 0.238 e. The van der Waals surface area contributed by atoms with Crippen molar-refractivity contribution in [3.63, 3.8) is 0 Å². The Balaban J connectivity index is 1.97. The molecule has 1 aliphatic heterocycles. The van der Waals surface area contributed by atoms with Gasteiger partial charge < -0.3 is 10.4 Å². The molecule has 1 aromatic rings. The molecule has 0 aromatic heterocycles. The number of carbonyl (C=O) groups excluding carboxylic acids is 2. The molecule has 2 unspecified atom stereocenters. The Bertz CT molecular complexity index is 544. The Morgan fingerprint density at radius 1 is 1.41 bits per heavy atom. The summed E-state index contributed by atoms with van der Waals surface area (Å²) in [5, 5.41) is 12.4. The molecular formula is C17H24N2O3. The van der Waals surface area contributed by atoms with Gasteiger partial charge in [0.2, 0.25) is 5.91 Å². The molecule has 1 aliphatic rings. The lowest BCUT2D eigenvalue weighted by molar-refractivity contribution is -0.118. The zero-order valence-electron chi connectivity index (χ0n) is 13.2. The van der Waals surface area contributed by atoms with Gasteiger partial charge in [-0.25, -0.2) is 0 Å². The number of nitrogens with one attached hydrogen (secondary N) is 1. The van der Waals surface area contributed by atoms with E-state index in [1.54, 1.807) is 24.3 Å². The molecular weight excluding hydrogens is 280 g/mol. The maximum Gasteiger partial charge on any atom is 0.238 e. The first-order valence-corrected chi connectivity index (χ1v) is 7.77. The van der Waals surface area contributed by atoms with Crippen LogP contribution in [0.3, 0.4) is 0 Å². The molecule has 0 spiro atoms. The number of benzene rings is 1. The monoisotopic (exact) mass is 304 g/mol. The fourth-order valence-electron chi connectivity index (χ4n) is 3.03. The van der Waals surface area contributed by atoms with E-state index in [2.05, 4.69) is 12.2 Å². The summed E-state index contributed by atoms with van der Waals surface area (Å²) in [7, 11) is 0. The molecule has 2 rings (SSSR count). The van der Waals surface area contributed by atoms with Crippen LogP contribution in [0.25, 0.3) is 0 Å². The highest BCUT2D eigenvalue weighted by molar-refractivity contribution is 5.97. The number of nitrogens with zero attached hydrogens (tertiary/aromatic N) is 1. The summed E-state index contributed by atoms with van der Waals surface area (Å²) in [5.41, 5.74) is 1.21. The van der Waals surface area contributed by atoms with Crippen molar-refractivity contribution in [3.05, 3.63) is 29.8 Å². The number of rotatable bonds is 5. The number of hydrogen-bond donors (Lipinski definition) is 2. The second-order valence-corrected chi connectivity index (χ2v) is 6.03. The molecule has 1 aromatic carbocycles. The molecule has 22 heavy (non-hydrogen) atoms.